The molecule has 0 aliphatic heterocycles. The van der Waals surface area contributed by atoms with Crippen molar-refractivity contribution in [1.82, 2.24) is 0 Å². The SMILES string of the molecule is Cc1cc(NC(=O)C2(c3ccc(F)cc3)CCCCC2)cc(C)c1OCc1ccccc1. The van der Waals surface area contributed by atoms with Gasteiger partial charge in [-0.25, -0.2) is 4.39 Å². The van der Waals surface area contributed by atoms with E-state index in [2.05, 4.69) is 5.32 Å². The van der Waals surface area contributed by atoms with Gasteiger partial charge in [-0.2, -0.15) is 0 Å². The predicted octanol–water partition coefficient (Wildman–Crippen LogP) is 6.86. The van der Waals surface area contributed by atoms with E-state index in [-0.39, 0.29) is 11.7 Å². The van der Waals surface area contributed by atoms with Crippen LogP contribution in [-0.2, 0) is 16.8 Å². The molecule has 1 fully saturated rings. The highest BCUT2D eigenvalue weighted by Gasteiger charge is 2.41. The molecule has 0 spiro atoms. The summed E-state index contributed by atoms with van der Waals surface area (Å²) in [6, 6.07) is 20.4. The smallest absolute Gasteiger partial charge is 0.235 e. The molecule has 0 bridgehead atoms. The van der Waals surface area contributed by atoms with Crippen LogP contribution in [0.5, 0.6) is 5.75 Å². The second-order valence-corrected chi connectivity index (χ2v) is 8.82. The van der Waals surface area contributed by atoms with Crippen LogP contribution in [0.25, 0.3) is 0 Å². The minimum Gasteiger partial charge on any atom is -0.488 e. The van der Waals surface area contributed by atoms with Crippen LogP contribution in [0.2, 0.25) is 0 Å². The van der Waals surface area contributed by atoms with Crippen molar-refractivity contribution in [3.05, 3.63) is 94.8 Å². The van der Waals surface area contributed by atoms with Gasteiger partial charge in [0.05, 0.1) is 5.41 Å². The fourth-order valence-corrected chi connectivity index (χ4v) is 4.80. The van der Waals surface area contributed by atoms with Crippen molar-refractivity contribution in [3.8, 4) is 5.75 Å². The third kappa shape index (κ3) is 4.69. The minimum atomic E-state index is -0.615. The fraction of sp³-hybridized carbons (Fsp3) is 0.321. The molecule has 1 aliphatic rings. The first-order valence-electron chi connectivity index (χ1n) is 11.3. The van der Waals surface area contributed by atoms with Crippen molar-refractivity contribution in [2.24, 2.45) is 0 Å². The molecule has 0 aromatic heterocycles. The molecule has 166 valence electrons. The molecule has 3 aromatic carbocycles. The molecule has 32 heavy (non-hydrogen) atoms. The van der Waals surface area contributed by atoms with Crippen molar-refractivity contribution < 1.29 is 13.9 Å². The first-order valence-corrected chi connectivity index (χ1v) is 11.3. The zero-order valence-electron chi connectivity index (χ0n) is 18.8. The highest BCUT2D eigenvalue weighted by molar-refractivity contribution is 5.99. The number of rotatable bonds is 6. The molecule has 3 nitrogen and oxygen atoms in total. The highest BCUT2D eigenvalue weighted by atomic mass is 19.1. The van der Waals surface area contributed by atoms with Crippen LogP contribution in [0.1, 0.15) is 54.4 Å². The third-order valence-corrected chi connectivity index (χ3v) is 6.48. The maximum Gasteiger partial charge on any atom is 0.235 e. The standard InChI is InChI=1S/C28H30FNO2/c1-20-17-25(18-21(2)26(20)32-19-22-9-5-3-6-10-22)30-27(31)28(15-7-4-8-16-28)23-11-13-24(29)14-12-23/h3,5-6,9-14,17-18H,4,7-8,15-16,19H2,1-2H3,(H,30,31). The Bertz CT molecular complexity index is 1050. The Morgan fingerprint density at radius 1 is 0.938 bits per heavy atom. The summed E-state index contributed by atoms with van der Waals surface area (Å²) < 4.78 is 19.6. The largest absolute Gasteiger partial charge is 0.488 e. The van der Waals surface area contributed by atoms with E-state index in [1.54, 1.807) is 12.1 Å². The van der Waals surface area contributed by atoms with Gasteiger partial charge in [-0.3, -0.25) is 4.79 Å². The van der Waals surface area contributed by atoms with Gasteiger partial charge >= 0.3 is 0 Å². The van der Waals surface area contributed by atoms with Gasteiger partial charge in [-0.1, -0.05) is 61.7 Å². The van der Waals surface area contributed by atoms with Gasteiger partial charge in [0.15, 0.2) is 0 Å². The molecule has 4 heteroatoms. The summed E-state index contributed by atoms with van der Waals surface area (Å²) in [4.78, 5) is 13.6. The fourth-order valence-electron chi connectivity index (χ4n) is 4.80. The Balaban J connectivity index is 1.54. The maximum absolute atomic E-state index is 13.6. The molecule has 1 aliphatic carbocycles. The lowest BCUT2D eigenvalue weighted by atomic mass is 9.68. The molecule has 0 radical (unpaired) electrons. The van der Waals surface area contributed by atoms with Crippen molar-refractivity contribution in [2.75, 3.05) is 5.32 Å². The van der Waals surface area contributed by atoms with Crippen LogP contribution in [0.3, 0.4) is 0 Å². The molecular weight excluding hydrogens is 401 g/mol. The van der Waals surface area contributed by atoms with E-state index in [0.717, 1.165) is 65.8 Å². The second kappa shape index (κ2) is 9.56. The molecule has 1 amide bonds. The quantitative estimate of drug-likeness (QED) is 0.463. The molecule has 0 saturated heterocycles. The molecular formula is C28H30FNO2. The van der Waals surface area contributed by atoms with Crippen LogP contribution in [0, 0.1) is 19.7 Å². The predicted molar refractivity (Wildman–Crippen MR) is 126 cm³/mol. The molecule has 0 unspecified atom stereocenters. The van der Waals surface area contributed by atoms with Gasteiger partial charge in [0.1, 0.15) is 18.2 Å². The number of benzene rings is 3. The second-order valence-electron chi connectivity index (χ2n) is 8.82. The number of anilines is 1. The zero-order valence-corrected chi connectivity index (χ0v) is 18.8. The maximum atomic E-state index is 13.6. The lowest BCUT2D eigenvalue weighted by molar-refractivity contribution is -0.122. The average molecular weight is 432 g/mol. The number of amides is 1. The van der Waals surface area contributed by atoms with E-state index in [1.165, 1.54) is 12.1 Å². The minimum absolute atomic E-state index is 0.0134. The van der Waals surface area contributed by atoms with Crippen molar-refractivity contribution in [3.63, 3.8) is 0 Å². The number of aryl methyl sites for hydroxylation is 2. The molecule has 4 rings (SSSR count). The topological polar surface area (TPSA) is 38.3 Å². The van der Waals surface area contributed by atoms with Crippen LogP contribution >= 0.6 is 0 Å². The van der Waals surface area contributed by atoms with E-state index in [1.807, 2.05) is 56.3 Å². The van der Waals surface area contributed by atoms with E-state index < -0.39 is 5.41 Å². The van der Waals surface area contributed by atoms with Crippen molar-refractivity contribution in [1.29, 1.82) is 0 Å². The van der Waals surface area contributed by atoms with Crippen LogP contribution < -0.4 is 10.1 Å². The summed E-state index contributed by atoms with van der Waals surface area (Å²) >= 11 is 0. The first kappa shape index (κ1) is 22.1. The Labute approximate surface area is 189 Å². The molecule has 0 heterocycles. The lowest BCUT2D eigenvalue weighted by Crippen LogP contribution is -2.42. The summed E-state index contributed by atoms with van der Waals surface area (Å²) in [5, 5.41) is 3.16. The van der Waals surface area contributed by atoms with Gasteiger partial charge in [0, 0.05) is 5.69 Å². The molecule has 1 saturated carbocycles. The normalized spacial score (nSPS) is 15.2. The number of hydrogen-bond donors (Lipinski definition) is 1. The number of hydrogen-bond acceptors (Lipinski definition) is 2. The number of carbonyl (C=O) groups excluding carboxylic acids is 1. The first-order chi connectivity index (χ1) is 15.5. The van der Waals surface area contributed by atoms with Crippen LogP contribution in [-0.4, -0.2) is 5.91 Å². The van der Waals surface area contributed by atoms with Crippen LogP contribution in [0.15, 0.2) is 66.7 Å². The summed E-state index contributed by atoms with van der Waals surface area (Å²) in [5.74, 6) is 0.552. The molecule has 0 atom stereocenters. The Morgan fingerprint density at radius 2 is 1.56 bits per heavy atom. The number of ether oxygens (including phenoxy) is 1. The summed E-state index contributed by atoms with van der Waals surface area (Å²) in [6.45, 7) is 4.50. The van der Waals surface area contributed by atoms with Crippen LogP contribution in [0.4, 0.5) is 10.1 Å². The Morgan fingerprint density at radius 3 is 2.19 bits per heavy atom. The zero-order chi connectivity index (χ0) is 22.6. The van der Waals surface area contributed by atoms with Gasteiger partial charge in [0.25, 0.3) is 0 Å². The summed E-state index contributed by atoms with van der Waals surface area (Å²) in [7, 11) is 0. The summed E-state index contributed by atoms with van der Waals surface area (Å²) in [5.41, 5.74) is 4.13. The van der Waals surface area contributed by atoms with Crippen molar-refractivity contribution in [2.45, 2.75) is 58.0 Å². The average Bonchev–Trinajstić information content (AvgIpc) is 2.80. The Kier molecular flexibility index (Phi) is 6.59. The monoisotopic (exact) mass is 431 g/mol. The number of nitrogens with one attached hydrogen (secondary N) is 1. The third-order valence-electron chi connectivity index (χ3n) is 6.48. The highest BCUT2D eigenvalue weighted by Crippen LogP contribution is 2.41. The van der Waals surface area contributed by atoms with Gasteiger partial charge in [-0.15, -0.1) is 0 Å². The van der Waals surface area contributed by atoms with E-state index in [4.69, 9.17) is 4.74 Å². The number of carbonyl (C=O) groups is 1. The van der Waals surface area contributed by atoms with Gasteiger partial charge < -0.3 is 10.1 Å². The van der Waals surface area contributed by atoms with Gasteiger partial charge in [-0.05, 0) is 73.2 Å². The van der Waals surface area contributed by atoms with E-state index in [9.17, 15) is 9.18 Å². The van der Waals surface area contributed by atoms with E-state index in [0.29, 0.717) is 6.61 Å². The molecule has 3 aromatic rings. The van der Waals surface area contributed by atoms with Gasteiger partial charge in [0.2, 0.25) is 5.91 Å². The van der Waals surface area contributed by atoms with Crippen molar-refractivity contribution >= 4 is 11.6 Å². The number of halogens is 1. The van der Waals surface area contributed by atoms with E-state index >= 15 is 0 Å². The lowest BCUT2D eigenvalue weighted by Gasteiger charge is -2.36. The Hall–Kier alpha value is -3.14. The molecule has 1 N–H and O–H groups in total. The summed E-state index contributed by atoms with van der Waals surface area (Å²) in [6.07, 6.45) is 4.67.